The molecule has 0 aliphatic rings. The standard InChI is InChI=1S/C18H12N2O2.Li/c21-12-15(13-6-2-1-3-7-13)18(22)20-17-11-10-14-8-4-5-9-16(14)19-17;/h1-11H,(H,19,20,22);/q;+1/p-1. The first-order chi connectivity index (χ1) is 10.8. The van der Waals surface area contributed by atoms with Crippen molar-refractivity contribution < 1.29 is 28.8 Å². The average molecular weight is 294 g/mol. The molecule has 0 bridgehead atoms. The van der Waals surface area contributed by atoms with Gasteiger partial charge in [0.15, 0.2) is 5.82 Å². The third-order valence-electron chi connectivity index (χ3n) is 3.18. The summed E-state index contributed by atoms with van der Waals surface area (Å²) in [5.74, 6) is 1.29. The van der Waals surface area contributed by atoms with Crippen molar-refractivity contribution in [2.75, 3.05) is 0 Å². The molecule has 23 heavy (non-hydrogen) atoms. The van der Waals surface area contributed by atoms with Crippen LogP contribution in [0.1, 0.15) is 5.56 Å². The fourth-order valence-electron chi connectivity index (χ4n) is 2.11. The molecule has 5 heteroatoms. The molecule has 0 aliphatic carbocycles. The van der Waals surface area contributed by atoms with Gasteiger partial charge in [0.05, 0.1) is 11.1 Å². The molecule has 0 saturated carbocycles. The van der Waals surface area contributed by atoms with E-state index in [9.17, 15) is 9.90 Å². The molecular weight excluding hydrogens is 283 g/mol. The summed E-state index contributed by atoms with van der Waals surface area (Å²) in [6.45, 7) is 0. The van der Waals surface area contributed by atoms with E-state index in [1.54, 1.807) is 42.3 Å². The molecule has 0 fully saturated rings. The molecule has 0 spiro atoms. The second-order valence-electron chi connectivity index (χ2n) is 4.62. The quantitative estimate of drug-likeness (QED) is 0.284. The third kappa shape index (κ3) is 3.77. The smallest absolute Gasteiger partial charge is 0.858 e. The number of hydrogen-bond acceptors (Lipinski definition) is 4. The van der Waals surface area contributed by atoms with Crippen LogP contribution in [-0.2, 0) is 4.79 Å². The zero-order chi connectivity index (χ0) is 15.4. The van der Waals surface area contributed by atoms with E-state index < -0.39 is 5.90 Å². The Balaban J connectivity index is 0.00000192. The number of para-hydroxylation sites is 1. The van der Waals surface area contributed by atoms with Gasteiger partial charge < -0.3 is 5.11 Å². The first kappa shape index (κ1) is 16.7. The number of hydrogen-bond donors (Lipinski definition) is 0. The number of rotatable bonds is 3. The Labute approximate surface area is 145 Å². The summed E-state index contributed by atoms with van der Waals surface area (Å²) in [6.07, 6.45) is 0. The van der Waals surface area contributed by atoms with Crippen LogP contribution < -0.4 is 24.0 Å². The topological polar surface area (TPSA) is 65.4 Å². The van der Waals surface area contributed by atoms with Crippen LogP contribution in [0.5, 0.6) is 0 Å². The van der Waals surface area contributed by atoms with Crippen LogP contribution in [0.2, 0.25) is 0 Å². The Morgan fingerprint density at radius 2 is 1.65 bits per heavy atom. The van der Waals surface area contributed by atoms with Crippen LogP contribution in [0.25, 0.3) is 16.5 Å². The maximum absolute atomic E-state index is 12.2. The Hall–Kier alpha value is -2.63. The largest absolute Gasteiger partial charge is 1.00 e. The van der Waals surface area contributed by atoms with Gasteiger partial charge >= 0.3 is 18.9 Å². The van der Waals surface area contributed by atoms with E-state index in [0.29, 0.717) is 5.56 Å². The number of aliphatic imine (C=N–C) groups is 1. The summed E-state index contributed by atoms with van der Waals surface area (Å²) in [6, 6.07) is 19.6. The second-order valence-corrected chi connectivity index (χ2v) is 4.62. The number of fused-ring (bicyclic) bond motifs is 1. The van der Waals surface area contributed by atoms with Crippen LogP contribution in [-0.4, -0.2) is 16.8 Å². The molecule has 2 aromatic carbocycles. The summed E-state index contributed by atoms with van der Waals surface area (Å²) in [5, 5.41) is 13.1. The molecule has 0 saturated heterocycles. The van der Waals surface area contributed by atoms with Gasteiger partial charge in [-0.1, -0.05) is 48.5 Å². The minimum atomic E-state index is -0.649. The maximum Gasteiger partial charge on any atom is 1.00 e. The van der Waals surface area contributed by atoms with Gasteiger partial charge in [0.25, 0.3) is 0 Å². The van der Waals surface area contributed by atoms with Crippen molar-refractivity contribution in [3.63, 3.8) is 0 Å². The van der Waals surface area contributed by atoms with Crippen molar-refractivity contribution in [1.29, 1.82) is 0 Å². The molecule has 0 radical (unpaired) electrons. The van der Waals surface area contributed by atoms with E-state index in [2.05, 4.69) is 9.98 Å². The van der Waals surface area contributed by atoms with Crippen molar-refractivity contribution in [1.82, 2.24) is 4.98 Å². The van der Waals surface area contributed by atoms with Crippen LogP contribution in [0.4, 0.5) is 5.82 Å². The van der Waals surface area contributed by atoms with Crippen molar-refractivity contribution >= 4 is 34.1 Å². The number of pyridine rings is 1. The van der Waals surface area contributed by atoms with E-state index in [-0.39, 0.29) is 30.3 Å². The molecule has 0 amide bonds. The van der Waals surface area contributed by atoms with Crippen molar-refractivity contribution in [3.8, 4) is 0 Å². The van der Waals surface area contributed by atoms with Gasteiger partial charge in [0, 0.05) is 11.3 Å². The fourth-order valence-corrected chi connectivity index (χ4v) is 2.11. The first-order valence-corrected chi connectivity index (χ1v) is 6.70. The molecule has 0 aliphatic heterocycles. The van der Waals surface area contributed by atoms with E-state index in [1.165, 1.54) is 0 Å². The number of carbonyl (C=O) groups excluding carboxylic acids is 1. The van der Waals surface area contributed by atoms with Crippen molar-refractivity contribution in [2.24, 2.45) is 4.99 Å². The maximum atomic E-state index is 12.2. The summed E-state index contributed by atoms with van der Waals surface area (Å²) in [7, 11) is 0. The normalized spacial score (nSPS) is 10.7. The average Bonchev–Trinajstić information content (AvgIpc) is 2.56. The number of nitrogens with zero attached hydrogens (tertiary/aromatic N) is 2. The van der Waals surface area contributed by atoms with Gasteiger partial charge in [-0.15, -0.1) is 0 Å². The van der Waals surface area contributed by atoms with Gasteiger partial charge in [0.2, 0.25) is 0 Å². The summed E-state index contributed by atoms with van der Waals surface area (Å²) in [5.41, 5.74) is 1.13. The van der Waals surface area contributed by atoms with Crippen molar-refractivity contribution in [2.45, 2.75) is 0 Å². The van der Waals surface area contributed by atoms with Gasteiger partial charge in [0.1, 0.15) is 5.94 Å². The van der Waals surface area contributed by atoms with Crippen LogP contribution in [0.3, 0.4) is 0 Å². The SMILES string of the molecule is O=C=C(C([O-])=Nc1ccc2ccccc2n1)c1ccccc1.[Li+]. The van der Waals surface area contributed by atoms with Crippen molar-refractivity contribution in [3.05, 3.63) is 72.3 Å². The summed E-state index contributed by atoms with van der Waals surface area (Å²) < 4.78 is 0. The second kappa shape index (κ2) is 7.58. The molecule has 1 heterocycles. The Morgan fingerprint density at radius 1 is 0.957 bits per heavy atom. The van der Waals surface area contributed by atoms with Crippen LogP contribution in [0, 0.1) is 0 Å². The predicted molar refractivity (Wildman–Crippen MR) is 84.4 cm³/mol. The van der Waals surface area contributed by atoms with Crippen LogP contribution >= 0.6 is 0 Å². The zero-order valence-electron chi connectivity index (χ0n) is 12.6. The predicted octanol–water partition coefficient (Wildman–Crippen LogP) is -0.456. The molecule has 0 unspecified atom stereocenters. The molecular formula is C18H11LiN2O2. The monoisotopic (exact) mass is 294 g/mol. The number of benzene rings is 2. The van der Waals surface area contributed by atoms with E-state index in [1.807, 2.05) is 30.3 Å². The van der Waals surface area contributed by atoms with E-state index in [0.717, 1.165) is 10.9 Å². The molecule has 3 rings (SSSR count). The Morgan fingerprint density at radius 3 is 2.39 bits per heavy atom. The summed E-state index contributed by atoms with van der Waals surface area (Å²) in [4.78, 5) is 19.3. The fraction of sp³-hybridized carbons (Fsp3) is 0. The zero-order valence-corrected chi connectivity index (χ0v) is 12.6. The molecule has 0 N–H and O–H groups in total. The van der Waals surface area contributed by atoms with E-state index in [4.69, 9.17) is 0 Å². The van der Waals surface area contributed by atoms with Gasteiger partial charge in [-0.2, -0.15) is 0 Å². The number of aromatic nitrogens is 1. The molecule has 3 aromatic rings. The molecule has 106 valence electrons. The Kier molecular flexibility index (Phi) is 5.51. The minimum Gasteiger partial charge on any atom is -0.858 e. The first-order valence-electron chi connectivity index (χ1n) is 6.70. The van der Waals surface area contributed by atoms with Gasteiger partial charge in [-0.05, 0) is 23.8 Å². The molecule has 0 atom stereocenters. The molecule has 4 nitrogen and oxygen atoms in total. The molecule has 1 aromatic heterocycles. The third-order valence-corrected chi connectivity index (χ3v) is 3.18. The van der Waals surface area contributed by atoms with E-state index >= 15 is 0 Å². The van der Waals surface area contributed by atoms with Gasteiger partial charge in [-0.3, -0.25) is 0 Å². The summed E-state index contributed by atoms with van der Waals surface area (Å²) >= 11 is 0. The van der Waals surface area contributed by atoms with Crippen LogP contribution in [0.15, 0.2) is 71.7 Å². The van der Waals surface area contributed by atoms with Gasteiger partial charge in [-0.25, -0.2) is 14.8 Å². The minimum absolute atomic E-state index is 0. The Bertz CT molecular complexity index is 901.